The fourth-order valence-corrected chi connectivity index (χ4v) is 5.06. The molecule has 10 atom stereocenters. The monoisotopic (exact) mass is 624 g/mol. The van der Waals surface area contributed by atoms with Crippen molar-refractivity contribution in [3.05, 3.63) is 46.6 Å². The van der Waals surface area contributed by atoms with Gasteiger partial charge in [-0.05, 0) is 18.2 Å². The Labute approximate surface area is 248 Å². The highest BCUT2D eigenvalue weighted by atomic mass is 16.8. The van der Waals surface area contributed by atoms with Crippen molar-refractivity contribution in [3.63, 3.8) is 0 Å². The van der Waals surface area contributed by atoms with Gasteiger partial charge >= 0.3 is 0 Å². The second-order valence-corrected chi connectivity index (χ2v) is 10.3. The Bertz CT molecular complexity index is 1520. The number of hydrogen-bond acceptors (Lipinski definition) is 16. The van der Waals surface area contributed by atoms with E-state index in [0.717, 1.165) is 12.1 Å². The van der Waals surface area contributed by atoms with Gasteiger partial charge < -0.3 is 74.1 Å². The summed E-state index contributed by atoms with van der Waals surface area (Å²) in [5.41, 5.74) is -0.476. The van der Waals surface area contributed by atoms with Gasteiger partial charge in [-0.15, -0.1) is 0 Å². The number of methoxy groups -OCH3 is 1. The molecule has 0 aliphatic carbocycles. The van der Waals surface area contributed by atoms with Crippen LogP contribution >= 0.6 is 0 Å². The van der Waals surface area contributed by atoms with Crippen LogP contribution in [0, 0.1) is 0 Å². The zero-order chi connectivity index (χ0) is 31.9. The predicted molar refractivity (Wildman–Crippen MR) is 145 cm³/mol. The molecule has 0 bridgehead atoms. The molecule has 1 aromatic heterocycles. The summed E-state index contributed by atoms with van der Waals surface area (Å²) in [7, 11) is 1.37. The molecule has 9 N–H and O–H groups in total. The first kappa shape index (κ1) is 31.9. The minimum atomic E-state index is -1.87. The van der Waals surface area contributed by atoms with E-state index in [1.54, 1.807) is 0 Å². The van der Waals surface area contributed by atoms with Crippen molar-refractivity contribution in [1.82, 2.24) is 0 Å². The average molecular weight is 625 g/mol. The highest BCUT2D eigenvalue weighted by Crippen LogP contribution is 2.36. The third kappa shape index (κ3) is 5.92. The molecule has 2 aliphatic rings. The molecule has 10 unspecified atom stereocenters. The van der Waals surface area contributed by atoms with Crippen molar-refractivity contribution in [2.75, 3.05) is 20.3 Å². The molecule has 16 nitrogen and oxygen atoms in total. The maximum atomic E-state index is 12.9. The number of hydrogen-bond donors (Lipinski definition) is 9. The largest absolute Gasteiger partial charge is 0.507 e. The molecule has 3 aromatic rings. The lowest BCUT2D eigenvalue weighted by Crippen LogP contribution is -2.65. The minimum Gasteiger partial charge on any atom is -0.507 e. The molecule has 3 heterocycles. The molecule has 2 fully saturated rings. The fraction of sp³-hybridized carbons (Fsp3) is 0.464. The van der Waals surface area contributed by atoms with Gasteiger partial charge in [0.05, 0.1) is 20.3 Å². The van der Waals surface area contributed by atoms with Crippen molar-refractivity contribution in [2.24, 2.45) is 0 Å². The lowest BCUT2D eigenvalue weighted by atomic mass is 9.97. The highest BCUT2D eigenvalue weighted by molar-refractivity contribution is 5.86. The Morgan fingerprint density at radius 2 is 1.43 bits per heavy atom. The van der Waals surface area contributed by atoms with Crippen LogP contribution in [0.1, 0.15) is 0 Å². The van der Waals surface area contributed by atoms with Gasteiger partial charge in [0.2, 0.25) is 6.29 Å². The van der Waals surface area contributed by atoms with Crippen LogP contribution in [0.25, 0.3) is 22.3 Å². The maximum absolute atomic E-state index is 12.9. The summed E-state index contributed by atoms with van der Waals surface area (Å²) in [4.78, 5) is 12.9. The highest BCUT2D eigenvalue weighted by Gasteiger charge is 2.51. The molecule has 44 heavy (non-hydrogen) atoms. The third-order valence-corrected chi connectivity index (χ3v) is 7.46. The zero-order valence-electron chi connectivity index (χ0n) is 23.0. The Balaban J connectivity index is 1.48. The molecule has 0 spiro atoms. The molecule has 16 heteroatoms. The number of rotatable bonds is 8. The number of phenolic OH excluding ortho intramolecular Hbond substituents is 2. The lowest BCUT2D eigenvalue weighted by Gasteiger charge is -2.45. The summed E-state index contributed by atoms with van der Waals surface area (Å²) < 4.78 is 33.2. The Kier molecular flexibility index (Phi) is 9.28. The molecular formula is C28H32O16. The zero-order valence-corrected chi connectivity index (χ0v) is 23.0. The predicted octanol–water partition coefficient (Wildman–Crippen LogP) is -2.12. The van der Waals surface area contributed by atoms with E-state index in [9.17, 15) is 50.8 Å². The molecule has 0 saturated carbocycles. The number of fused-ring (bicyclic) bond motifs is 1. The quantitative estimate of drug-likeness (QED) is 0.130. The van der Waals surface area contributed by atoms with Gasteiger partial charge in [-0.25, -0.2) is 0 Å². The average Bonchev–Trinajstić information content (AvgIpc) is 3.00. The first-order valence-corrected chi connectivity index (χ1v) is 13.4. The van der Waals surface area contributed by atoms with E-state index >= 15 is 0 Å². The summed E-state index contributed by atoms with van der Waals surface area (Å²) in [6.07, 6.45) is -16.8. The van der Waals surface area contributed by atoms with E-state index in [2.05, 4.69) is 0 Å². The smallest absolute Gasteiger partial charge is 0.229 e. The van der Waals surface area contributed by atoms with Crippen LogP contribution in [0.4, 0.5) is 0 Å². The molecule has 0 amide bonds. The summed E-state index contributed by atoms with van der Waals surface area (Å²) >= 11 is 0. The van der Waals surface area contributed by atoms with E-state index in [-0.39, 0.29) is 34.0 Å². The molecular weight excluding hydrogens is 592 g/mol. The van der Waals surface area contributed by atoms with E-state index < -0.39 is 85.8 Å². The first-order valence-electron chi connectivity index (χ1n) is 13.4. The molecule has 2 aliphatic heterocycles. The summed E-state index contributed by atoms with van der Waals surface area (Å²) in [5.74, 6) is -0.760. The lowest BCUT2D eigenvalue weighted by molar-refractivity contribution is -0.357. The Morgan fingerprint density at radius 1 is 0.773 bits per heavy atom. The van der Waals surface area contributed by atoms with E-state index in [0.29, 0.717) is 5.56 Å². The van der Waals surface area contributed by atoms with Crippen LogP contribution in [0.3, 0.4) is 0 Å². The summed E-state index contributed by atoms with van der Waals surface area (Å²) in [6, 6.07) is 7.66. The maximum Gasteiger partial charge on any atom is 0.229 e. The van der Waals surface area contributed by atoms with Crippen molar-refractivity contribution in [3.8, 4) is 34.3 Å². The topological polar surface area (TPSA) is 258 Å². The second-order valence-electron chi connectivity index (χ2n) is 10.3. The number of phenols is 2. The molecule has 5 rings (SSSR count). The first-order chi connectivity index (χ1) is 21.0. The standard InChI is InChI=1S/C28H32O16/c1-39-15-3-2-10(4-12(15)31)16-7-14(33)20-13(32)5-11(6-17(20)41-16)40-28-26(24(37)22(35)19(9-30)43-28)44-27-25(38)23(36)21(34)18(8-29)42-27/h2-7,18-19,21-32,34-38H,8-9H2,1H3. The van der Waals surface area contributed by atoms with Crippen molar-refractivity contribution in [2.45, 2.75) is 61.4 Å². The minimum absolute atomic E-state index is 0.0219. The van der Waals surface area contributed by atoms with Crippen LogP contribution in [0.5, 0.6) is 23.0 Å². The normalized spacial score (nSPS) is 32.5. The van der Waals surface area contributed by atoms with Crippen LogP contribution in [0.2, 0.25) is 0 Å². The van der Waals surface area contributed by atoms with Crippen LogP contribution in [-0.2, 0) is 14.2 Å². The van der Waals surface area contributed by atoms with Crippen LogP contribution in [0.15, 0.2) is 45.6 Å². The van der Waals surface area contributed by atoms with E-state index in [4.69, 9.17) is 28.1 Å². The van der Waals surface area contributed by atoms with Gasteiger partial charge in [0.15, 0.2) is 29.3 Å². The van der Waals surface area contributed by atoms with Gasteiger partial charge in [-0.2, -0.15) is 0 Å². The number of benzene rings is 2. The summed E-state index contributed by atoms with van der Waals surface area (Å²) in [5, 5.41) is 91.7. The molecule has 240 valence electrons. The Morgan fingerprint density at radius 3 is 2.07 bits per heavy atom. The van der Waals surface area contributed by atoms with E-state index in [1.807, 2.05) is 0 Å². The van der Waals surface area contributed by atoms with Crippen LogP contribution in [-0.4, -0.2) is 128 Å². The third-order valence-electron chi connectivity index (χ3n) is 7.46. The van der Waals surface area contributed by atoms with E-state index in [1.165, 1.54) is 31.4 Å². The van der Waals surface area contributed by atoms with Gasteiger partial charge in [-0.1, -0.05) is 0 Å². The summed E-state index contributed by atoms with van der Waals surface area (Å²) in [6.45, 7) is -1.52. The van der Waals surface area contributed by atoms with Crippen molar-refractivity contribution in [1.29, 1.82) is 0 Å². The Hall–Kier alpha value is -3.55. The van der Waals surface area contributed by atoms with Gasteiger partial charge in [0, 0.05) is 23.8 Å². The number of ether oxygens (including phenoxy) is 5. The van der Waals surface area contributed by atoms with Crippen molar-refractivity contribution >= 4 is 11.0 Å². The number of aromatic hydroxyl groups is 2. The van der Waals surface area contributed by atoms with Gasteiger partial charge in [0.25, 0.3) is 0 Å². The number of aliphatic hydroxyl groups is 7. The molecule has 0 radical (unpaired) electrons. The number of aliphatic hydroxyl groups excluding tert-OH is 7. The molecule has 2 saturated heterocycles. The SMILES string of the molecule is COc1ccc(-c2cc(=O)c3c(O)cc(OC4OC(CO)C(O)C(O)C4OC4OC(CO)C(O)C(O)C4O)cc3o2)cc1O. The molecule has 2 aromatic carbocycles. The second kappa shape index (κ2) is 12.8. The van der Waals surface area contributed by atoms with Crippen LogP contribution < -0.4 is 14.9 Å². The van der Waals surface area contributed by atoms with Gasteiger partial charge in [-0.3, -0.25) is 4.79 Å². The fourth-order valence-electron chi connectivity index (χ4n) is 5.06. The van der Waals surface area contributed by atoms with Crippen molar-refractivity contribution < 1.29 is 74.1 Å². The van der Waals surface area contributed by atoms with Gasteiger partial charge in [0.1, 0.15) is 71.0 Å².